The Morgan fingerprint density at radius 1 is 1.07 bits per heavy atom. The second kappa shape index (κ2) is 8.39. The van der Waals surface area contributed by atoms with Gasteiger partial charge in [-0.3, -0.25) is 9.69 Å². The van der Waals surface area contributed by atoms with Crippen molar-refractivity contribution in [1.29, 1.82) is 0 Å². The summed E-state index contributed by atoms with van der Waals surface area (Å²) >= 11 is 7.67. The number of rotatable bonds is 4. The topological polar surface area (TPSA) is 36.4 Å². The second-order valence-electron chi connectivity index (χ2n) is 6.68. The standard InChI is InChI=1S/C21H19ClFN3OS/c22-17-7-4-8-18(23)19(17)21(27)26-11-9-25(10-12-26)13-16-14-28-20(24-16)15-5-2-1-3-6-15/h1-8,14H,9-13H2. The summed E-state index contributed by atoms with van der Waals surface area (Å²) in [6.07, 6.45) is 0. The molecule has 0 saturated carbocycles. The summed E-state index contributed by atoms with van der Waals surface area (Å²) in [6, 6.07) is 14.4. The van der Waals surface area contributed by atoms with Gasteiger partial charge in [0.15, 0.2) is 0 Å². The Balaban J connectivity index is 1.36. The van der Waals surface area contributed by atoms with Gasteiger partial charge in [0.1, 0.15) is 10.8 Å². The van der Waals surface area contributed by atoms with Gasteiger partial charge in [-0.1, -0.05) is 48.0 Å². The molecule has 0 atom stereocenters. The van der Waals surface area contributed by atoms with Crippen molar-refractivity contribution in [1.82, 2.24) is 14.8 Å². The molecule has 3 aromatic rings. The van der Waals surface area contributed by atoms with Crippen LogP contribution in [0.15, 0.2) is 53.9 Å². The van der Waals surface area contributed by atoms with Gasteiger partial charge in [-0.05, 0) is 12.1 Å². The molecule has 2 aromatic carbocycles. The number of benzene rings is 2. The monoisotopic (exact) mass is 415 g/mol. The van der Waals surface area contributed by atoms with Crippen LogP contribution in [-0.4, -0.2) is 46.9 Å². The number of hydrogen-bond donors (Lipinski definition) is 0. The van der Waals surface area contributed by atoms with E-state index >= 15 is 0 Å². The molecule has 7 heteroatoms. The van der Waals surface area contributed by atoms with E-state index < -0.39 is 5.82 Å². The highest BCUT2D eigenvalue weighted by Crippen LogP contribution is 2.25. The average molecular weight is 416 g/mol. The minimum Gasteiger partial charge on any atom is -0.336 e. The Kier molecular flexibility index (Phi) is 5.71. The number of carbonyl (C=O) groups excluding carboxylic acids is 1. The molecule has 4 rings (SSSR count). The molecule has 144 valence electrons. The molecular formula is C21H19ClFN3OS. The van der Waals surface area contributed by atoms with E-state index in [2.05, 4.69) is 22.4 Å². The fraction of sp³-hybridized carbons (Fsp3) is 0.238. The van der Waals surface area contributed by atoms with Crippen molar-refractivity contribution in [3.8, 4) is 10.6 Å². The summed E-state index contributed by atoms with van der Waals surface area (Å²) in [6.45, 7) is 3.26. The summed E-state index contributed by atoms with van der Waals surface area (Å²) in [5.74, 6) is -0.918. The van der Waals surface area contributed by atoms with E-state index in [1.807, 2.05) is 18.2 Å². The lowest BCUT2D eigenvalue weighted by Gasteiger charge is -2.34. The van der Waals surface area contributed by atoms with Gasteiger partial charge in [0.2, 0.25) is 0 Å². The van der Waals surface area contributed by atoms with Crippen LogP contribution >= 0.6 is 22.9 Å². The third-order valence-electron chi connectivity index (χ3n) is 4.79. The lowest BCUT2D eigenvalue weighted by molar-refractivity contribution is 0.0623. The molecule has 1 aliphatic rings. The van der Waals surface area contributed by atoms with E-state index in [0.29, 0.717) is 13.1 Å². The smallest absolute Gasteiger partial charge is 0.258 e. The Labute approximate surface area is 172 Å². The lowest BCUT2D eigenvalue weighted by atomic mass is 10.1. The zero-order valence-corrected chi connectivity index (χ0v) is 16.7. The van der Waals surface area contributed by atoms with Crippen LogP contribution in [-0.2, 0) is 6.54 Å². The molecule has 0 bridgehead atoms. The summed E-state index contributed by atoms with van der Waals surface area (Å²) in [5.41, 5.74) is 2.11. The molecule has 28 heavy (non-hydrogen) atoms. The van der Waals surface area contributed by atoms with Crippen LogP contribution in [0.2, 0.25) is 5.02 Å². The number of carbonyl (C=O) groups is 1. The van der Waals surface area contributed by atoms with Gasteiger partial charge in [0, 0.05) is 43.7 Å². The molecule has 0 unspecified atom stereocenters. The first kappa shape index (κ1) is 19.1. The van der Waals surface area contributed by atoms with Crippen molar-refractivity contribution < 1.29 is 9.18 Å². The van der Waals surface area contributed by atoms with E-state index in [4.69, 9.17) is 16.6 Å². The summed E-state index contributed by atoms with van der Waals surface area (Å²) in [4.78, 5) is 21.3. The third kappa shape index (κ3) is 4.09. The maximum atomic E-state index is 14.0. The van der Waals surface area contributed by atoms with Crippen LogP contribution in [0.3, 0.4) is 0 Å². The van der Waals surface area contributed by atoms with Gasteiger partial charge in [-0.25, -0.2) is 9.37 Å². The number of hydrogen-bond acceptors (Lipinski definition) is 4. The predicted octanol–water partition coefficient (Wildman–Crippen LogP) is 4.56. The SMILES string of the molecule is O=C(c1c(F)cccc1Cl)N1CCN(Cc2csc(-c3ccccc3)n2)CC1. The minimum absolute atomic E-state index is 0.0374. The lowest BCUT2D eigenvalue weighted by Crippen LogP contribution is -2.48. The normalized spacial score (nSPS) is 15.0. The Bertz CT molecular complexity index is 951. The first-order valence-corrected chi connectivity index (χ1v) is 10.3. The molecule has 0 radical (unpaired) electrons. The van der Waals surface area contributed by atoms with Crippen molar-refractivity contribution in [2.45, 2.75) is 6.54 Å². The Hall–Kier alpha value is -2.28. The summed E-state index contributed by atoms with van der Waals surface area (Å²) in [5, 5.41) is 3.25. The molecule has 0 spiro atoms. The van der Waals surface area contributed by atoms with E-state index in [0.717, 1.165) is 35.9 Å². The van der Waals surface area contributed by atoms with Crippen molar-refractivity contribution in [2.75, 3.05) is 26.2 Å². The van der Waals surface area contributed by atoms with Gasteiger partial charge in [0.05, 0.1) is 16.3 Å². The van der Waals surface area contributed by atoms with Gasteiger partial charge in [0.25, 0.3) is 5.91 Å². The van der Waals surface area contributed by atoms with Crippen LogP contribution in [0.25, 0.3) is 10.6 Å². The van der Waals surface area contributed by atoms with Gasteiger partial charge >= 0.3 is 0 Å². The summed E-state index contributed by atoms with van der Waals surface area (Å²) < 4.78 is 14.0. The van der Waals surface area contributed by atoms with Crippen LogP contribution < -0.4 is 0 Å². The molecule has 1 fully saturated rings. The van der Waals surface area contributed by atoms with Gasteiger partial charge < -0.3 is 4.90 Å². The quantitative estimate of drug-likeness (QED) is 0.626. The number of nitrogens with zero attached hydrogens (tertiary/aromatic N) is 3. The maximum Gasteiger partial charge on any atom is 0.258 e. The molecule has 1 aliphatic heterocycles. The average Bonchev–Trinajstić information content (AvgIpc) is 3.17. The largest absolute Gasteiger partial charge is 0.336 e. The Morgan fingerprint density at radius 3 is 2.54 bits per heavy atom. The molecule has 0 aliphatic carbocycles. The van der Waals surface area contributed by atoms with Crippen LogP contribution in [0.5, 0.6) is 0 Å². The van der Waals surface area contributed by atoms with E-state index in [-0.39, 0.29) is 16.5 Å². The van der Waals surface area contributed by atoms with Crippen LogP contribution in [0.4, 0.5) is 4.39 Å². The van der Waals surface area contributed by atoms with Gasteiger partial charge in [-0.2, -0.15) is 0 Å². The summed E-state index contributed by atoms with van der Waals surface area (Å²) in [7, 11) is 0. The maximum absolute atomic E-state index is 14.0. The first-order valence-electron chi connectivity index (χ1n) is 9.07. The third-order valence-corrected chi connectivity index (χ3v) is 6.05. The Morgan fingerprint density at radius 2 is 1.82 bits per heavy atom. The van der Waals surface area contributed by atoms with E-state index in [1.54, 1.807) is 22.3 Å². The fourth-order valence-corrected chi connectivity index (χ4v) is 4.35. The number of aromatic nitrogens is 1. The molecular weight excluding hydrogens is 397 g/mol. The molecule has 0 N–H and O–H groups in total. The van der Waals surface area contributed by atoms with Crippen LogP contribution in [0, 0.1) is 5.82 Å². The van der Waals surface area contributed by atoms with Crippen molar-refractivity contribution in [3.05, 3.63) is 76.0 Å². The van der Waals surface area contributed by atoms with E-state index in [9.17, 15) is 9.18 Å². The fourth-order valence-electron chi connectivity index (χ4n) is 3.29. The first-order chi connectivity index (χ1) is 13.6. The molecule has 2 heterocycles. The van der Waals surface area contributed by atoms with Crippen molar-refractivity contribution >= 4 is 28.8 Å². The number of piperazine rings is 1. The predicted molar refractivity (Wildman–Crippen MR) is 110 cm³/mol. The second-order valence-corrected chi connectivity index (χ2v) is 7.94. The van der Waals surface area contributed by atoms with Gasteiger partial charge in [-0.15, -0.1) is 11.3 Å². The van der Waals surface area contributed by atoms with Crippen LogP contribution in [0.1, 0.15) is 16.1 Å². The zero-order valence-electron chi connectivity index (χ0n) is 15.1. The zero-order chi connectivity index (χ0) is 19.5. The number of halogens is 2. The van der Waals surface area contributed by atoms with Crippen molar-refractivity contribution in [3.63, 3.8) is 0 Å². The molecule has 4 nitrogen and oxygen atoms in total. The molecule has 1 amide bonds. The highest BCUT2D eigenvalue weighted by molar-refractivity contribution is 7.13. The number of thiazole rings is 1. The van der Waals surface area contributed by atoms with E-state index in [1.165, 1.54) is 12.1 Å². The number of amides is 1. The molecule has 1 saturated heterocycles. The molecule has 1 aromatic heterocycles. The minimum atomic E-state index is -0.573. The highest BCUT2D eigenvalue weighted by Gasteiger charge is 2.26. The highest BCUT2D eigenvalue weighted by atomic mass is 35.5. The van der Waals surface area contributed by atoms with Crippen molar-refractivity contribution in [2.24, 2.45) is 0 Å².